The van der Waals surface area contributed by atoms with Gasteiger partial charge in [0.15, 0.2) is 0 Å². The highest BCUT2D eigenvalue weighted by atomic mass is 32.2. The molecule has 1 aromatic carbocycles. The maximum atomic E-state index is 14.3. The average Bonchev–Trinajstić information content (AvgIpc) is 3.18. The minimum absolute atomic E-state index is 0.183. The fourth-order valence-electron chi connectivity index (χ4n) is 6.04. The number of hydrogen-bond acceptors (Lipinski definition) is 6. The van der Waals surface area contributed by atoms with Crippen molar-refractivity contribution in [3.63, 3.8) is 0 Å². The quantitative estimate of drug-likeness (QED) is 0.526. The predicted octanol–water partition coefficient (Wildman–Crippen LogP) is 2.39. The van der Waals surface area contributed by atoms with E-state index in [4.69, 9.17) is 4.74 Å². The molecule has 1 spiro atoms. The van der Waals surface area contributed by atoms with Gasteiger partial charge in [0, 0.05) is 17.5 Å². The van der Waals surface area contributed by atoms with Gasteiger partial charge in [0.2, 0.25) is 5.91 Å². The second-order valence-corrected chi connectivity index (χ2v) is 11.1. The molecular weight excluding hydrogens is 452 g/mol. The monoisotopic (exact) mass is 482 g/mol. The summed E-state index contributed by atoms with van der Waals surface area (Å²) in [6, 6.07) is 4.52. The smallest absolute Gasteiger partial charge is 0.311 e. The number of esters is 1. The maximum Gasteiger partial charge on any atom is 0.311 e. The Balaban J connectivity index is 1.67. The summed E-state index contributed by atoms with van der Waals surface area (Å²) in [5.74, 6) is -2.23. The number of para-hydroxylation sites is 1. The lowest BCUT2D eigenvalue weighted by molar-refractivity contribution is -0.153. The van der Waals surface area contributed by atoms with E-state index in [9.17, 15) is 19.5 Å². The zero-order valence-electron chi connectivity index (χ0n) is 19.6. The van der Waals surface area contributed by atoms with E-state index in [1.165, 1.54) is 16.7 Å². The summed E-state index contributed by atoms with van der Waals surface area (Å²) in [7, 11) is 0. The standard InChI is InChI=1S/C26H30N2O5S/c1-15-8-6-9-16(2)21(15)27-12-7-11-26-20(19-18(34-26)10-4-5-13-33-25(19)32)23(30)28(17(3)14-29)22(26)24(27)31/h4,6-11,17-20,22,29H,5,12-14H2,1-3H3/t17-,18+,19-,20+,22?,26+/m1/s1. The lowest BCUT2D eigenvalue weighted by Crippen LogP contribution is -2.56. The molecule has 2 fully saturated rings. The molecule has 0 bridgehead atoms. The first-order valence-electron chi connectivity index (χ1n) is 11.8. The molecule has 1 aromatic rings. The van der Waals surface area contributed by atoms with Crippen LogP contribution in [0.3, 0.4) is 0 Å². The van der Waals surface area contributed by atoms with Gasteiger partial charge in [-0.2, -0.15) is 0 Å². The van der Waals surface area contributed by atoms with Crippen LogP contribution in [-0.4, -0.2) is 69.6 Å². The minimum atomic E-state index is -0.911. The zero-order chi connectivity index (χ0) is 24.2. The van der Waals surface area contributed by atoms with Gasteiger partial charge in [0.1, 0.15) is 6.04 Å². The highest BCUT2D eigenvalue weighted by Gasteiger charge is 2.71. The van der Waals surface area contributed by atoms with E-state index in [1.54, 1.807) is 11.8 Å². The van der Waals surface area contributed by atoms with Gasteiger partial charge < -0.3 is 19.6 Å². The van der Waals surface area contributed by atoms with Crippen molar-refractivity contribution in [2.75, 3.05) is 24.7 Å². The van der Waals surface area contributed by atoms with Crippen molar-refractivity contribution < 1.29 is 24.2 Å². The van der Waals surface area contributed by atoms with Crippen molar-refractivity contribution in [3.05, 3.63) is 53.6 Å². The van der Waals surface area contributed by atoms with Crippen LogP contribution < -0.4 is 4.90 Å². The predicted molar refractivity (Wildman–Crippen MR) is 130 cm³/mol. The molecule has 8 heteroatoms. The number of carbonyl (C=O) groups excluding carboxylic acids is 3. The number of fused-ring (bicyclic) bond motifs is 2. The van der Waals surface area contributed by atoms with Crippen LogP contribution in [0.5, 0.6) is 0 Å². The van der Waals surface area contributed by atoms with Crippen LogP contribution in [0.2, 0.25) is 0 Å². The summed E-state index contributed by atoms with van der Waals surface area (Å²) in [4.78, 5) is 44.6. The van der Waals surface area contributed by atoms with Crippen molar-refractivity contribution >= 4 is 35.2 Å². The van der Waals surface area contributed by atoms with Crippen LogP contribution in [0, 0.1) is 25.7 Å². The van der Waals surface area contributed by atoms with Gasteiger partial charge >= 0.3 is 5.97 Å². The number of carbonyl (C=O) groups is 3. The first-order chi connectivity index (χ1) is 16.3. The van der Waals surface area contributed by atoms with Gasteiger partial charge in [0.25, 0.3) is 5.91 Å². The second-order valence-electron chi connectivity index (χ2n) is 9.60. The lowest BCUT2D eigenvalue weighted by atomic mass is 9.78. The molecule has 180 valence electrons. The molecule has 0 aliphatic carbocycles. The summed E-state index contributed by atoms with van der Waals surface area (Å²) in [5.41, 5.74) is 2.80. The summed E-state index contributed by atoms with van der Waals surface area (Å²) < 4.78 is 4.58. The van der Waals surface area contributed by atoms with E-state index in [2.05, 4.69) is 0 Å². The molecule has 1 N–H and O–H groups in total. The Kier molecular flexibility index (Phi) is 5.84. The normalized spacial score (nSPS) is 33.6. The van der Waals surface area contributed by atoms with Gasteiger partial charge in [-0.25, -0.2) is 0 Å². The Morgan fingerprint density at radius 1 is 1.18 bits per heavy atom. The van der Waals surface area contributed by atoms with Crippen molar-refractivity contribution in [2.45, 2.75) is 49.3 Å². The summed E-state index contributed by atoms with van der Waals surface area (Å²) in [6.45, 7) is 6.09. The third-order valence-corrected chi connectivity index (χ3v) is 9.25. The summed E-state index contributed by atoms with van der Waals surface area (Å²) in [6.07, 6.45) is 8.56. The van der Waals surface area contributed by atoms with Crippen LogP contribution in [-0.2, 0) is 19.1 Å². The number of aliphatic hydroxyl groups excluding tert-OH is 1. The van der Waals surface area contributed by atoms with Crippen LogP contribution in [0.15, 0.2) is 42.5 Å². The van der Waals surface area contributed by atoms with Gasteiger partial charge in [-0.05, 0) is 38.3 Å². The molecule has 4 heterocycles. The Morgan fingerprint density at radius 3 is 2.62 bits per heavy atom. The van der Waals surface area contributed by atoms with Gasteiger partial charge in [-0.15, -0.1) is 11.8 Å². The van der Waals surface area contributed by atoms with Crippen molar-refractivity contribution in [1.29, 1.82) is 0 Å². The molecule has 0 aromatic heterocycles. The minimum Gasteiger partial charge on any atom is -0.465 e. The highest BCUT2D eigenvalue weighted by Crippen LogP contribution is 2.61. The van der Waals surface area contributed by atoms with Crippen molar-refractivity contribution in [1.82, 2.24) is 4.90 Å². The van der Waals surface area contributed by atoms with E-state index >= 15 is 0 Å². The molecule has 2 amide bonds. The lowest BCUT2D eigenvalue weighted by Gasteiger charge is -2.38. The number of cyclic esters (lactones) is 1. The highest BCUT2D eigenvalue weighted by molar-refractivity contribution is 8.02. The van der Waals surface area contributed by atoms with Crippen molar-refractivity contribution in [3.8, 4) is 0 Å². The molecule has 5 rings (SSSR count). The molecule has 1 unspecified atom stereocenters. The third kappa shape index (κ3) is 3.26. The van der Waals surface area contributed by atoms with Gasteiger partial charge in [-0.1, -0.05) is 42.5 Å². The number of thioether (sulfide) groups is 1. The van der Waals surface area contributed by atoms with Crippen molar-refractivity contribution in [2.24, 2.45) is 11.8 Å². The Morgan fingerprint density at radius 2 is 1.91 bits per heavy atom. The van der Waals surface area contributed by atoms with E-state index in [-0.39, 0.29) is 36.2 Å². The fraction of sp³-hybridized carbons (Fsp3) is 0.500. The van der Waals surface area contributed by atoms with Crippen LogP contribution >= 0.6 is 11.8 Å². The van der Waals surface area contributed by atoms with E-state index in [1.807, 2.05) is 56.4 Å². The summed E-state index contributed by atoms with van der Waals surface area (Å²) >= 11 is 1.51. The molecule has 0 saturated carbocycles. The van der Waals surface area contributed by atoms with Crippen LogP contribution in [0.25, 0.3) is 0 Å². The first-order valence-corrected chi connectivity index (χ1v) is 12.7. The number of nitrogens with zero attached hydrogens (tertiary/aromatic N) is 2. The number of ether oxygens (including phenoxy) is 1. The molecule has 4 aliphatic heterocycles. The number of benzene rings is 1. The molecule has 2 saturated heterocycles. The largest absolute Gasteiger partial charge is 0.465 e. The van der Waals surface area contributed by atoms with E-state index < -0.39 is 28.7 Å². The first kappa shape index (κ1) is 23.2. The Bertz CT molecular complexity index is 1080. The number of aliphatic hydroxyl groups is 1. The summed E-state index contributed by atoms with van der Waals surface area (Å²) in [5, 5.41) is 9.76. The van der Waals surface area contributed by atoms with Gasteiger partial charge in [-0.3, -0.25) is 14.4 Å². The number of hydrogen-bond donors (Lipinski definition) is 1. The molecule has 6 atom stereocenters. The van der Waals surface area contributed by atoms with Crippen LogP contribution in [0.1, 0.15) is 24.5 Å². The number of anilines is 1. The van der Waals surface area contributed by atoms with Gasteiger partial charge in [0.05, 0.1) is 35.8 Å². The maximum absolute atomic E-state index is 14.3. The third-order valence-electron chi connectivity index (χ3n) is 7.51. The second kappa shape index (κ2) is 8.57. The Labute approximate surface area is 203 Å². The number of likely N-dealkylation sites (tertiary alicyclic amines) is 1. The fourth-order valence-corrected chi connectivity index (χ4v) is 8.03. The molecule has 0 radical (unpaired) electrons. The zero-order valence-corrected chi connectivity index (χ0v) is 20.5. The molecule has 34 heavy (non-hydrogen) atoms. The molecular formula is C26H30N2O5S. The van der Waals surface area contributed by atoms with Crippen LogP contribution in [0.4, 0.5) is 5.69 Å². The SMILES string of the molecule is Cc1cccc(C)c1N1CC=C[C@]23S[C@H]4C=CCCOC(=O)[C@H]4[C@H]2C(=O)N([C@H](C)CO)C3C1=O. The number of rotatable bonds is 3. The average molecular weight is 483 g/mol. The Hall–Kier alpha value is -2.58. The number of amides is 2. The molecule has 4 aliphatic rings. The van der Waals surface area contributed by atoms with E-state index in [0.29, 0.717) is 13.0 Å². The number of aryl methyl sites for hydroxylation is 2. The molecule has 7 nitrogen and oxygen atoms in total. The topological polar surface area (TPSA) is 87.2 Å². The van der Waals surface area contributed by atoms with E-state index in [0.717, 1.165) is 16.8 Å².